The zero-order valence-electron chi connectivity index (χ0n) is 11.0. The number of rotatable bonds is 5. The van der Waals surface area contributed by atoms with Crippen LogP contribution in [-0.4, -0.2) is 17.4 Å². The largest absolute Gasteiger partial charge is 0.416 e. The molecule has 0 atom stereocenters. The highest BCUT2D eigenvalue weighted by molar-refractivity contribution is 5.80. The lowest BCUT2D eigenvalue weighted by Gasteiger charge is -2.21. The molecule has 20 heavy (non-hydrogen) atoms. The van der Waals surface area contributed by atoms with Gasteiger partial charge in [-0.25, -0.2) is 10.8 Å². The van der Waals surface area contributed by atoms with E-state index in [0.29, 0.717) is 0 Å². The Kier molecular flexibility index (Phi) is 4.43. The number of nitrogens with two attached hydrogens (primary N) is 2. The Morgan fingerprint density at radius 3 is 2.30 bits per heavy atom. The molecule has 0 spiro atoms. The van der Waals surface area contributed by atoms with E-state index in [2.05, 4.69) is 15.7 Å². The Bertz CT molecular complexity index is 501. The summed E-state index contributed by atoms with van der Waals surface area (Å²) in [5, 5.41) is 2.65. The molecule has 0 aromatic carbocycles. The van der Waals surface area contributed by atoms with Gasteiger partial charge in [0.05, 0.1) is 11.0 Å². The molecule has 0 saturated carbocycles. The second kappa shape index (κ2) is 5.53. The van der Waals surface area contributed by atoms with Crippen LogP contribution in [0, 0.1) is 5.41 Å². The topological polar surface area (TPSA) is 106 Å². The molecule has 6 N–H and O–H groups in total. The van der Waals surface area contributed by atoms with Crippen LogP contribution in [-0.2, 0) is 11.0 Å². The van der Waals surface area contributed by atoms with Crippen molar-refractivity contribution in [3.05, 3.63) is 17.7 Å². The quantitative estimate of drug-likeness (QED) is 0.483. The van der Waals surface area contributed by atoms with Gasteiger partial charge in [0.25, 0.3) is 0 Å². The molecule has 0 aliphatic heterocycles. The van der Waals surface area contributed by atoms with Crippen LogP contribution in [0.5, 0.6) is 0 Å². The van der Waals surface area contributed by atoms with Gasteiger partial charge in [-0.1, -0.05) is 0 Å². The molecule has 1 rings (SSSR count). The first kappa shape index (κ1) is 16.0. The maximum absolute atomic E-state index is 12.7. The molecule has 112 valence electrons. The predicted octanol–water partition coefficient (Wildman–Crippen LogP) is 1.31. The third-order valence-electron chi connectivity index (χ3n) is 2.68. The Labute approximate surface area is 113 Å². The van der Waals surface area contributed by atoms with Crippen LogP contribution < -0.4 is 22.3 Å². The molecule has 1 aromatic heterocycles. The number of hydrogen-bond donors (Lipinski definition) is 4. The number of hydrazine groups is 1. The third kappa shape index (κ3) is 3.98. The zero-order valence-corrected chi connectivity index (χ0v) is 11.0. The number of nitrogens with zero attached hydrogens (tertiary/aromatic N) is 1. The molecular weight excluding hydrogens is 275 g/mol. The lowest BCUT2D eigenvalue weighted by molar-refractivity contribution is -0.137. The molecule has 0 unspecified atom stereocenters. The minimum Gasteiger partial charge on any atom is -0.369 e. The highest BCUT2D eigenvalue weighted by Gasteiger charge is 2.32. The van der Waals surface area contributed by atoms with Crippen molar-refractivity contribution in [1.82, 2.24) is 4.98 Å². The Balaban J connectivity index is 2.98. The maximum Gasteiger partial charge on any atom is 0.416 e. The van der Waals surface area contributed by atoms with Crippen LogP contribution >= 0.6 is 0 Å². The highest BCUT2D eigenvalue weighted by Crippen LogP contribution is 2.32. The number of pyridine rings is 1. The number of aromatic nitrogens is 1. The fraction of sp³-hybridized carbons (Fsp3) is 0.455. The molecule has 0 fully saturated rings. The number of amides is 1. The Hall–Kier alpha value is -2.03. The number of primary amides is 1. The Morgan fingerprint density at radius 2 is 1.85 bits per heavy atom. The number of halogens is 3. The van der Waals surface area contributed by atoms with E-state index in [1.54, 1.807) is 13.8 Å². The summed E-state index contributed by atoms with van der Waals surface area (Å²) in [5.74, 6) is 4.31. The first-order chi connectivity index (χ1) is 9.06. The van der Waals surface area contributed by atoms with Crippen LogP contribution in [0.1, 0.15) is 19.4 Å². The van der Waals surface area contributed by atoms with E-state index in [-0.39, 0.29) is 18.2 Å². The van der Waals surface area contributed by atoms with Crippen LogP contribution in [0.25, 0.3) is 0 Å². The monoisotopic (exact) mass is 291 g/mol. The molecule has 9 heteroatoms. The second-order valence-corrected chi connectivity index (χ2v) is 4.87. The summed E-state index contributed by atoms with van der Waals surface area (Å²) in [6.07, 6.45) is -4.52. The zero-order chi connectivity index (χ0) is 15.6. The van der Waals surface area contributed by atoms with E-state index < -0.39 is 23.1 Å². The lowest BCUT2D eigenvalue weighted by Crippen LogP contribution is -2.37. The fourth-order valence-electron chi connectivity index (χ4n) is 1.26. The average Bonchev–Trinajstić information content (AvgIpc) is 2.34. The van der Waals surface area contributed by atoms with Gasteiger partial charge in [0.1, 0.15) is 11.6 Å². The number of carbonyl (C=O) groups is 1. The summed E-state index contributed by atoms with van der Waals surface area (Å²) in [6.45, 7) is 3.18. The van der Waals surface area contributed by atoms with Crippen LogP contribution in [0.3, 0.4) is 0 Å². The molecule has 0 aliphatic carbocycles. The molecule has 0 aliphatic rings. The molecule has 0 saturated heterocycles. The maximum atomic E-state index is 12.7. The number of nitrogens with one attached hydrogen (secondary N) is 2. The van der Waals surface area contributed by atoms with Gasteiger partial charge in [-0.3, -0.25) is 4.79 Å². The number of alkyl halides is 3. The SMILES string of the molecule is CC(C)(CNc1cc(C(F)(F)F)cc(NN)n1)C(N)=O. The number of hydrogen-bond acceptors (Lipinski definition) is 5. The molecule has 1 amide bonds. The average molecular weight is 291 g/mol. The van der Waals surface area contributed by atoms with Gasteiger partial charge in [-0.15, -0.1) is 0 Å². The molecular formula is C11H16F3N5O. The van der Waals surface area contributed by atoms with Gasteiger partial charge < -0.3 is 16.5 Å². The van der Waals surface area contributed by atoms with E-state index in [4.69, 9.17) is 11.6 Å². The van der Waals surface area contributed by atoms with E-state index >= 15 is 0 Å². The number of carbonyl (C=O) groups excluding carboxylic acids is 1. The Morgan fingerprint density at radius 1 is 1.30 bits per heavy atom. The predicted molar refractivity (Wildman–Crippen MR) is 68.5 cm³/mol. The van der Waals surface area contributed by atoms with Gasteiger partial charge >= 0.3 is 6.18 Å². The van der Waals surface area contributed by atoms with Gasteiger partial charge in [-0.2, -0.15) is 13.2 Å². The third-order valence-corrected chi connectivity index (χ3v) is 2.68. The van der Waals surface area contributed by atoms with Crippen LogP contribution in [0.4, 0.5) is 24.8 Å². The van der Waals surface area contributed by atoms with Crippen molar-refractivity contribution in [2.24, 2.45) is 17.0 Å². The van der Waals surface area contributed by atoms with Crippen LogP contribution in [0.15, 0.2) is 12.1 Å². The minimum absolute atomic E-state index is 0.0423. The van der Waals surface area contributed by atoms with Crippen molar-refractivity contribution in [2.75, 3.05) is 17.3 Å². The van der Waals surface area contributed by atoms with Crippen molar-refractivity contribution in [1.29, 1.82) is 0 Å². The summed E-state index contributed by atoms with van der Waals surface area (Å²) >= 11 is 0. The number of anilines is 2. The molecule has 0 bridgehead atoms. The minimum atomic E-state index is -4.52. The summed E-state index contributed by atoms with van der Waals surface area (Å²) in [5.41, 5.74) is 5.41. The molecule has 6 nitrogen and oxygen atoms in total. The van der Waals surface area contributed by atoms with Crippen molar-refractivity contribution in [3.8, 4) is 0 Å². The first-order valence-electron chi connectivity index (χ1n) is 5.66. The van der Waals surface area contributed by atoms with Gasteiger partial charge in [-0.05, 0) is 26.0 Å². The van der Waals surface area contributed by atoms with Gasteiger partial charge in [0.15, 0.2) is 0 Å². The van der Waals surface area contributed by atoms with Gasteiger partial charge in [0, 0.05) is 6.54 Å². The lowest BCUT2D eigenvalue weighted by atomic mass is 9.93. The number of nitrogen functional groups attached to an aromatic ring is 1. The fourth-order valence-corrected chi connectivity index (χ4v) is 1.26. The van der Waals surface area contributed by atoms with E-state index in [0.717, 1.165) is 12.1 Å². The first-order valence-corrected chi connectivity index (χ1v) is 5.66. The summed E-state index contributed by atoms with van der Waals surface area (Å²) in [7, 11) is 0. The van der Waals surface area contributed by atoms with E-state index in [1.807, 2.05) is 0 Å². The molecule has 0 radical (unpaired) electrons. The smallest absolute Gasteiger partial charge is 0.369 e. The van der Waals surface area contributed by atoms with Crippen molar-refractivity contribution >= 4 is 17.5 Å². The van der Waals surface area contributed by atoms with Gasteiger partial charge in [0.2, 0.25) is 5.91 Å². The molecule has 1 aromatic rings. The normalized spacial score (nSPS) is 12.1. The second-order valence-electron chi connectivity index (χ2n) is 4.87. The van der Waals surface area contributed by atoms with Crippen molar-refractivity contribution < 1.29 is 18.0 Å². The van der Waals surface area contributed by atoms with E-state index in [1.165, 1.54) is 0 Å². The summed E-state index contributed by atoms with van der Waals surface area (Å²) in [6, 6.07) is 1.61. The molecule has 1 heterocycles. The van der Waals surface area contributed by atoms with Crippen molar-refractivity contribution in [3.63, 3.8) is 0 Å². The summed E-state index contributed by atoms with van der Waals surface area (Å²) < 4.78 is 38.1. The van der Waals surface area contributed by atoms with Crippen LogP contribution in [0.2, 0.25) is 0 Å². The van der Waals surface area contributed by atoms with E-state index in [9.17, 15) is 18.0 Å². The van der Waals surface area contributed by atoms with Crippen molar-refractivity contribution in [2.45, 2.75) is 20.0 Å². The standard InChI is InChI=1S/C11H16F3N5O/c1-10(2,9(15)20)5-17-7-3-6(11(12,13)14)4-8(18-7)19-16/h3-4H,5,16H2,1-2H3,(H2,15,20)(H2,17,18,19). The summed E-state index contributed by atoms with van der Waals surface area (Å²) in [4.78, 5) is 15.0. The highest BCUT2D eigenvalue weighted by atomic mass is 19.4.